The lowest BCUT2D eigenvalue weighted by atomic mass is 10.0. The highest BCUT2D eigenvalue weighted by atomic mass is 16.5. The van der Waals surface area contributed by atoms with Crippen LogP contribution in [0.15, 0.2) is 12.1 Å². The third kappa shape index (κ3) is 2.92. The number of rotatable bonds is 6. The first-order valence-electron chi connectivity index (χ1n) is 6.82. The largest absolute Gasteiger partial charge is 0.493 e. The topological polar surface area (TPSA) is 102 Å². The Morgan fingerprint density at radius 2 is 1.65 bits per heavy atom. The number of methoxy groups -OCH3 is 3. The molecule has 1 atom stereocenters. The number of carboxylic acid groups (broad SMARTS) is 1. The highest BCUT2D eigenvalue weighted by Crippen LogP contribution is 2.38. The zero-order valence-corrected chi connectivity index (χ0v) is 13.0. The molecule has 8 nitrogen and oxygen atoms in total. The standard InChI is InChI=1S/C15H17NO7/c1-21-10-6-8(7-11(22-2)13(10)23-3)12(17)14(18)16-5-4-9(16)15(19)20/h6-7,9H,4-5H2,1-3H3,(H,19,20)/t9-/m0/s1. The van der Waals surface area contributed by atoms with Crippen molar-refractivity contribution < 1.29 is 33.7 Å². The number of carboxylic acids is 1. The zero-order valence-electron chi connectivity index (χ0n) is 13.0. The normalized spacial score (nSPS) is 16.3. The number of ketones is 1. The minimum atomic E-state index is -1.12. The van der Waals surface area contributed by atoms with Crippen LogP contribution in [-0.4, -0.2) is 61.6 Å². The summed E-state index contributed by atoms with van der Waals surface area (Å²) in [6, 6.07) is 1.77. The van der Waals surface area contributed by atoms with Gasteiger partial charge in [-0.3, -0.25) is 9.59 Å². The number of likely N-dealkylation sites (tertiary alicyclic amines) is 1. The number of ether oxygens (including phenoxy) is 3. The fraction of sp³-hybridized carbons (Fsp3) is 0.400. The Morgan fingerprint density at radius 3 is 2.00 bits per heavy atom. The van der Waals surface area contributed by atoms with Crippen LogP contribution in [0.3, 0.4) is 0 Å². The zero-order chi connectivity index (χ0) is 17.1. The van der Waals surface area contributed by atoms with Crippen LogP contribution in [-0.2, 0) is 9.59 Å². The molecule has 0 unspecified atom stereocenters. The molecule has 1 saturated heterocycles. The number of hydrogen-bond acceptors (Lipinski definition) is 6. The number of carbonyl (C=O) groups is 3. The molecule has 1 aromatic rings. The number of aliphatic carboxylic acids is 1. The lowest BCUT2D eigenvalue weighted by molar-refractivity contribution is -0.154. The van der Waals surface area contributed by atoms with Crippen molar-refractivity contribution >= 4 is 17.7 Å². The maximum Gasteiger partial charge on any atom is 0.326 e. The second kappa shape index (κ2) is 6.55. The predicted molar refractivity (Wildman–Crippen MR) is 78.2 cm³/mol. The number of Topliss-reactive ketones (excluding diaryl/α,β-unsaturated/α-hetero) is 1. The van der Waals surface area contributed by atoms with Crippen LogP contribution in [0.25, 0.3) is 0 Å². The van der Waals surface area contributed by atoms with E-state index in [1.165, 1.54) is 33.5 Å². The SMILES string of the molecule is COc1cc(C(=O)C(=O)N2CC[C@H]2C(=O)O)cc(OC)c1OC. The minimum absolute atomic E-state index is 0.0422. The summed E-state index contributed by atoms with van der Waals surface area (Å²) in [6.07, 6.45) is 0.337. The summed E-state index contributed by atoms with van der Waals surface area (Å²) < 4.78 is 15.4. The van der Waals surface area contributed by atoms with E-state index in [0.717, 1.165) is 4.90 Å². The monoisotopic (exact) mass is 323 g/mol. The second-order valence-corrected chi connectivity index (χ2v) is 4.88. The number of nitrogens with zero attached hydrogens (tertiary/aromatic N) is 1. The van der Waals surface area contributed by atoms with Gasteiger partial charge in [0.15, 0.2) is 11.5 Å². The lowest BCUT2D eigenvalue weighted by Crippen LogP contribution is -2.57. The van der Waals surface area contributed by atoms with Crippen molar-refractivity contribution in [3.63, 3.8) is 0 Å². The summed E-state index contributed by atoms with van der Waals surface area (Å²) in [5.74, 6) is -2.04. The first kappa shape index (κ1) is 16.6. The van der Waals surface area contributed by atoms with Gasteiger partial charge in [-0.1, -0.05) is 0 Å². The van der Waals surface area contributed by atoms with Crippen molar-refractivity contribution in [3.8, 4) is 17.2 Å². The third-order valence-corrected chi connectivity index (χ3v) is 3.69. The van der Waals surface area contributed by atoms with Crippen LogP contribution in [0.4, 0.5) is 0 Å². The molecule has 1 aliphatic rings. The maximum atomic E-state index is 12.3. The predicted octanol–water partition coefficient (Wildman–Crippen LogP) is 0.581. The Hall–Kier alpha value is -2.77. The molecule has 1 aliphatic heterocycles. The molecule has 0 saturated carbocycles. The summed E-state index contributed by atoms with van der Waals surface area (Å²) in [4.78, 5) is 36.6. The number of hydrogen-bond donors (Lipinski definition) is 1. The molecule has 1 N–H and O–H groups in total. The summed E-state index contributed by atoms with van der Waals surface area (Å²) >= 11 is 0. The summed E-state index contributed by atoms with van der Waals surface area (Å²) in [6.45, 7) is 0.242. The van der Waals surface area contributed by atoms with Crippen LogP contribution in [0.5, 0.6) is 17.2 Å². The van der Waals surface area contributed by atoms with E-state index in [2.05, 4.69) is 0 Å². The van der Waals surface area contributed by atoms with Gasteiger partial charge in [-0.15, -0.1) is 0 Å². The first-order valence-corrected chi connectivity index (χ1v) is 6.82. The van der Waals surface area contributed by atoms with Crippen molar-refractivity contribution in [2.24, 2.45) is 0 Å². The van der Waals surface area contributed by atoms with Crippen LogP contribution >= 0.6 is 0 Å². The Kier molecular flexibility index (Phi) is 4.73. The molecule has 23 heavy (non-hydrogen) atoms. The van der Waals surface area contributed by atoms with Gasteiger partial charge >= 0.3 is 5.97 Å². The van der Waals surface area contributed by atoms with E-state index < -0.39 is 23.7 Å². The van der Waals surface area contributed by atoms with Crippen molar-refractivity contribution in [2.75, 3.05) is 27.9 Å². The molecule has 0 bridgehead atoms. The van der Waals surface area contributed by atoms with Gasteiger partial charge in [-0.2, -0.15) is 0 Å². The van der Waals surface area contributed by atoms with E-state index in [0.29, 0.717) is 12.2 Å². The van der Waals surface area contributed by atoms with Crippen molar-refractivity contribution in [2.45, 2.75) is 12.5 Å². The molecule has 0 spiro atoms. The molecule has 0 aromatic heterocycles. The third-order valence-electron chi connectivity index (χ3n) is 3.69. The summed E-state index contributed by atoms with van der Waals surface area (Å²) in [5, 5.41) is 8.98. The number of carbonyl (C=O) groups excluding carboxylic acids is 2. The summed E-state index contributed by atoms with van der Waals surface area (Å²) in [5.41, 5.74) is 0.0422. The maximum absolute atomic E-state index is 12.3. The Bertz CT molecular complexity index is 630. The minimum Gasteiger partial charge on any atom is -0.493 e. The quantitative estimate of drug-likeness (QED) is 0.603. The molecule has 124 valence electrons. The van der Waals surface area contributed by atoms with Gasteiger partial charge in [0.2, 0.25) is 5.75 Å². The van der Waals surface area contributed by atoms with E-state index in [4.69, 9.17) is 19.3 Å². The van der Waals surface area contributed by atoms with E-state index in [-0.39, 0.29) is 23.6 Å². The number of benzene rings is 1. The molecule has 1 heterocycles. The average Bonchev–Trinajstić information content (AvgIpc) is 2.50. The molecule has 0 radical (unpaired) electrons. The van der Waals surface area contributed by atoms with Crippen LogP contribution < -0.4 is 14.2 Å². The molecule has 2 rings (SSSR count). The molecule has 1 aromatic carbocycles. The van der Waals surface area contributed by atoms with Crippen molar-refractivity contribution in [1.29, 1.82) is 0 Å². The fourth-order valence-corrected chi connectivity index (χ4v) is 2.35. The first-order chi connectivity index (χ1) is 10.9. The van der Waals surface area contributed by atoms with Crippen LogP contribution in [0.1, 0.15) is 16.8 Å². The molecule has 8 heteroatoms. The van der Waals surface area contributed by atoms with E-state index in [1.807, 2.05) is 0 Å². The molecule has 1 amide bonds. The average molecular weight is 323 g/mol. The van der Waals surface area contributed by atoms with Gasteiger partial charge in [-0.05, 0) is 18.6 Å². The van der Waals surface area contributed by atoms with E-state index >= 15 is 0 Å². The van der Waals surface area contributed by atoms with Crippen LogP contribution in [0, 0.1) is 0 Å². The molecular weight excluding hydrogens is 306 g/mol. The van der Waals surface area contributed by atoms with Gasteiger partial charge < -0.3 is 24.2 Å². The fourth-order valence-electron chi connectivity index (χ4n) is 2.35. The van der Waals surface area contributed by atoms with Gasteiger partial charge in [0.25, 0.3) is 11.7 Å². The highest BCUT2D eigenvalue weighted by Gasteiger charge is 2.40. The smallest absolute Gasteiger partial charge is 0.326 e. The Balaban J connectivity index is 2.32. The van der Waals surface area contributed by atoms with Gasteiger partial charge in [0, 0.05) is 12.1 Å². The Labute approximate surface area is 132 Å². The molecule has 1 fully saturated rings. The Morgan fingerprint density at radius 1 is 1.09 bits per heavy atom. The van der Waals surface area contributed by atoms with Crippen LogP contribution in [0.2, 0.25) is 0 Å². The summed E-state index contributed by atoms with van der Waals surface area (Å²) in [7, 11) is 4.21. The second-order valence-electron chi connectivity index (χ2n) is 4.88. The van der Waals surface area contributed by atoms with Crippen molar-refractivity contribution in [1.82, 2.24) is 4.90 Å². The van der Waals surface area contributed by atoms with Crippen molar-refractivity contribution in [3.05, 3.63) is 17.7 Å². The molecular formula is C15H17NO7. The number of amides is 1. The van der Waals surface area contributed by atoms with E-state index in [1.54, 1.807) is 0 Å². The van der Waals surface area contributed by atoms with Gasteiger partial charge in [0.05, 0.1) is 21.3 Å². The van der Waals surface area contributed by atoms with Gasteiger partial charge in [0.1, 0.15) is 6.04 Å². The molecule has 0 aliphatic carbocycles. The highest BCUT2D eigenvalue weighted by molar-refractivity contribution is 6.43. The lowest BCUT2D eigenvalue weighted by Gasteiger charge is -2.37. The van der Waals surface area contributed by atoms with E-state index in [9.17, 15) is 14.4 Å². The van der Waals surface area contributed by atoms with Gasteiger partial charge in [-0.25, -0.2) is 4.79 Å².